The topological polar surface area (TPSA) is 84.7 Å². The number of nitrogens with zero attached hydrogens (tertiary/aromatic N) is 1. The number of nitrogens with two attached hydrogens (primary N) is 1. The Morgan fingerprint density at radius 1 is 1.64 bits per heavy atom. The predicted molar refractivity (Wildman–Crippen MR) is 47.4 cm³/mol. The molecule has 2 unspecified atom stereocenters. The minimum absolute atomic E-state index is 0.129. The van der Waals surface area contributed by atoms with E-state index < -0.39 is 0 Å². The lowest BCUT2D eigenvalue weighted by Crippen LogP contribution is -2.64. The van der Waals surface area contributed by atoms with Crippen molar-refractivity contribution in [3.05, 3.63) is 0 Å². The van der Waals surface area contributed by atoms with Crippen LogP contribution in [0.25, 0.3) is 0 Å². The lowest BCUT2D eigenvalue weighted by molar-refractivity contribution is -0.126. The predicted octanol–water partition coefficient (Wildman–Crippen LogP) is -1.49. The van der Waals surface area contributed by atoms with Crippen LogP contribution in [0.1, 0.15) is 0 Å². The number of hydrogen-bond acceptors (Lipinski definition) is 3. The van der Waals surface area contributed by atoms with Crippen molar-refractivity contribution < 1.29 is 14.3 Å². The van der Waals surface area contributed by atoms with Crippen molar-refractivity contribution in [2.45, 2.75) is 6.04 Å². The highest BCUT2D eigenvalue weighted by molar-refractivity contribution is 5.83. The summed E-state index contributed by atoms with van der Waals surface area (Å²) in [4.78, 5) is 24.1. The van der Waals surface area contributed by atoms with E-state index in [0.29, 0.717) is 26.3 Å². The third-order valence-electron chi connectivity index (χ3n) is 2.73. The standard InChI is InChI=1S/C8H13N3O3/c9-7(12)5-3-10-8(13)11-1-2-14-4-6(5)11/h5-6H,1-4H2,(H2,9,12)(H,10,13). The summed E-state index contributed by atoms with van der Waals surface area (Å²) in [5.41, 5.74) is 5.25. The van der Waals surface area contributed by atoms with Gasteiger partial charge in [-0.3, -0.25) is 4.79 Å². The molecule has 0 aromatic rings. The summed E-state index contributed by atoms with van der Waals surface area (Å²) in [7, 11) is 0. The molecule has 0 radical (unpaired) electrons. The van der Waals surface area contributed by atoms with Gasteiger partial charge in [-0.1, -0.05) is 0 Å². The lowest BCUT2D eigenvalue weighted by atomic mass is 9.95. The molecule has 0 aromatic heterocycles. The fraction of sp³-hybridized carbons (Fsp3) is 0.750. The van der Waals surface area contributed by atoms with E-state index in [9.17, 15) is 9.59 Å². The number of primary amides is 1. The van der Waals surface area contributed by atoms with Crippen LogP contribution in [0.3, 0.4) is 0 Å². The zero-order valence-corrected chi connectivity index (χ0v) is 7.73. The van der Waals surface area contributed by atoms with Crippen molar-refractivity contribution in [3.63, 3.8) is 0 Å². The van der Waals surface area contributed by atoms with Crippen LogP contribution in [-0.4, -0.2) is 49.2 Å². The number of rotatable bonds is 1. The molecule has 6 heteroatoms. The maximum absolute atomic E-state index is 11.4. The highest BCUT2D eigenvalue weighted by Gasteiger charge is 2.40. The van der Waals surface area contributed by atoms with Gasteiger partial charge in [-0.05, 0) is 0 Å². The van der Waals surface area contributed by atoms with E-state index in [1.54, 1.807) is 4.90 Å². The number of carbonyl (C=O) groups is 2. The molecule has 0 bridgehead atoms. The van der Waals surface area contributed by atoms with Crippen molar-refractivity contribution >= 4 is 11.9 Å². The number of nitrogens with one attached hydrogen (secondary N) is 1. The van der Waals surface area contributed by atoms with Crippen LogP contribution in [0.5, 0.6) is 0 Å². The SMILES string of the molecule is NC(=O)C1CNC(=O)N2CCOCC12. The third kappa shape index (κ3) is 1.41. The smallest absolute Gasteiger partial charge is 0.317 e. The van der Waals surface area contributed by atoms with E-state index in [4.69, 9.17) is 10.5 Å². The maximum atomic E-state index is 11.4. The van der Waals surface area contributed by atoms with Crippen LogP contribution in [0.4, 0.5) is 4.79 Å². The summed E-state index contributed by atoms with van der Waals surface area (Å²) < 4.78 is 5.24. The molecule has 0 aliphatic carbocycles. The number of carbonyl (C=O) groups excluding carboxylic acids is 2. The van der Waals surface area contributed by atoms with Crippen LogP contribution in [-0.2, 0) is 9.53 Å². The molecule has 2 fully saturated rings. The molecule has 0 saturated carbocycles. The van der Waals surface area contributed by atoms with Gasteiger partial charge in [-0.15, -0.1) is 0 Å². The van der Waals surface area contributed by atoms with E-state index in [1.165, 1.54) is 0 Å². The summed E-state index contributed by atoms with van der Waals surface area (Å²) in [5.74, 6) is -0.724. The summed E-state index contributed by atoms with van der Waals surface area (Å²) in [6.07, 6.45) is 0. The minimum Gasteiger partial charge on any atom is -0.377 e. The zero-order chi connectivity index (χ0) is 10.1. The first-order valence-corrected chi connectivity index (χ1v) is 4.61. The van der Waals surface area contributed by atoms with Gasteiger partial charge in [0.1, 0.15) is 0 Å². The van der Waals surface area contributed by atoms with Crippen molar-refractivity contribution in [3.8, 4) is 0 Å². The van der Waals surface area contributed by atoms with Gasteiger partial charge in [0.2, 0.25) is 5.91 Å². The molecule has 0 aromatic carbocycles. The lowest BCUT2D eigenvalue weighted by Gasteiger charge is -2.42. The number of morpholine rings is 1. The number of hydrogen-bond donors (Lipinski definition) is 2. The van der Waals surface area contributed by atoms with Gasteiger partial charge in [-0.2, -0.15) is 0 Å². The van der Waals surface area contributed by atoms with Gasteiger partial charge in [-0.25, -0.2) is 4.79 Å². The summed E-state index contributed by atoms with van der Waals surface area (Å²) in [6.45, 7) is 1.77. The molecule has 0 spiro atoms. The maximum Gasteiger partial charge on any atom is 0.317 e. The second-order valence-electron chi connectivity index (χ2n) is 3.53. The highest BCUT2D eigenvalue weighted by atomic mass is 16.5. The molecule has 14 heavy (non-hydrogen) atoms. The van der Waals surface area contributed by atoms with Gasteiger partial charge in [0.15, 0.2) is 0 Å². The first-order valence-electron chi connectivity index (χ1n) is 4.61. The molecule has 78 valence electrons. The number of urea groups is 1. The molecule has 3 amide bonds. The van der Waals surface area contributed by atoms with Crippen molar-refractivity contribution in [1.82, 2.24) is 10.2 Å². The van der Waals surface area contributed by atoms with E-state index in [-0.39, 0.29) is 23.9 Å². The fourth-order valence-electron chi connectivity index (χ4n) is 1.93. The Hall–Kier alpha value is -1.30. The van der Waals surface area contributed by atoms with E-state index >= 15 is 0 Å². The molecule has 2 aliphatic heterocycles. The Balaban J connectivity index is 2.16. The third-order valence-corrected chi connectivity index (χ3v) is 2.73. The monoisotopic (exact) mass is 199 g/mol. The Bertz CT molecular complexity index is 267. The van der Waals surface area contributed by atoms with Crippen molar-refractivity contribution in [2.75, 3.05) is 26.3 Å². The van der Waals surface area contributed by atoms with Gasteiger partial charge < -0.3 is 20.7 Å². The number of amides is 3. The normalized spacial score (nSPS) is 32.0. The first kappa shape index (κ1) is 9.26. The minimum atomic E-state index is -0.384. The molecule has 3 N–H and O–H groups in total. The molecule has 2 heterocycles. The molecule has 2 saturated heterocycles. The molecule has 2 atom stereocenters. The van der Waals surface area contributed by atoms with Crippen LogP contribution in [0.2, 0.25) is 0 Å². The Morgan fingerprint density at radius 3 is 3.14 bits per heavy atom. The summed E-state index contributed by atoms with van der Waals surface area (Å²) in [5, 5.41) is 2.64. The average molecular weight is 199 g/mol. The molecular formula is C8H13N3O3. The van der Waals surface area contributed by atoms with Gasteiger partial charge in [0.05, 0.1) is 25.2 Å². The van der Waals surface area contributed by atoms with E-state index in [1.807, 2.05) is 0 Å². The second-order valence-corrected chi connectivity index (χ2v) is 3.53. The van der Waals surface area contributed by atoms with Gasteiger partial charge in [0.25, 0.3) is 0 Å². The van der Waals surface area contributed by atoms with Crippen LogP contribution in [0, 0.1) is 5.92 Å². The Labute approximate surface area is 81.4 Å². The molecular weight excluding hydrogens is 186 g/mol. The highest BCUT2D eigenvalue weighted by Crippen LogP contribution is 2.19. The summed E-state index contributed by atoms with van der Waals surface area (Å²) >= 11 is 0. The number of fused-ring (bicyclic) bond motifs is 1. The quantitative estimate of drug-likeness (QED) is 0.539. The fourth-order valence-corrected chi connectivity index (χ4v) is 1.93. The first-order chi connectivity index (χ1) is 6.70. The summed E-state index contributed by atoms with van der Waals surface area (Å²) in [6, 6.07) is -0.314. The average Bonchev–Trinajstić information content (AvgIpc) is 2.18. The van der Waals surface area contributed by atoms with Gasteiger partial charge in [0, 0.05) is 13.1 Å². The van der Waals surface area contributed by atoms with Crippen LogP contribution >= 0.6 is 0 Å². The van der Waals surface area contributed by atoms with Crippen LogP contribution < -0.4 is 11.1 Å². The van der Waals surface area contributed by atoms with Gasteiger partial charge >= 0.3 is 6.03 Å². The molecule has 2 aliphatic rings. The van der Waals surface area contributed by atoms with Crippen LogP contribution in [0.15, 0.2) is 0 Å². The second kappa shape index (κ2) is 3.45. The molecule has 2 rings (SSSR count). The Kier molecular flexibility index (Phi) is 2.28. The largest absolute Gasteiger partial charge is 0.377 e. The molecule has 6 nitrogen and oxygen atoms in total. The zero-order valence-electron chi connectivity index (χ0n) is 7.73. The van der Waals surface area contributed by atoms with E-state index in [0.717, 1.165) is 0 Å². The van der Waals surface area contributed by atoms with Crippen molar-refractivity contribution in [2.24, 2.45) is 11.7 Å². The van der Waals surface area contributed by atoms with Crippen molar-refractivity contribution in [1.29, 1.82) is 0 Å². The number of ether oxygens (including phenoxy) is 1. The van der Waals surface area contributed by atoms with E-state index in [2.05, 4.69) is 5.32 Å². The Morgan fingerprint density at radius 2 is 2.43 bits per heavy atom.